The Hall–Kier alpha value is -1.10. The number of carbonyl (C=O) groups is 2. The highest BCUT2D eigenvalue weighted by Gasteiger charge is 2.17. The van der Waals surface area contributed by atoms with Gasteiger partial charge < -0.3 is 16.2 Å². The summed E-state index contributed by atoms with van der Waals surface area (Å²) in [5.74, 6) is -0.719. The minimum Gasteiger partial charge on any atom is -0.481 e. The number of carbonyl (C=O) groups excluding carboxylic acids is 1. The zero-order valence-corrected chi connectivity index (χ0v) is 10.2. The highest BCUT2D eigenvalue weighted by Crippen LogP contribution is 2.04. The summed E-state index contributed by atoms with van der Waals surface area (Å²) < 4.78 is 0. The van der Waals surface area contributed by atoms with Crippen LogP contribution in [0, 0.1) is 11.8 Å². The Bertz CT molecular complexity index is 241. The number of hydrogen-bond donors (Lipinski definition) is 3. The third-order valence-electron chi connectivity index (χ3n) is 2.50. The minimum absolute atomic E-state index is 0.106. The average molecular weight is 230 g/mol. The summed E-state index contributed by atoms with van der Waals surface area (Å²) in [6.07, 6.45) is 0.694. The van der Waals surface area contributed by atoms with Crippen LogP contribution in [-0.4, -0.2) is 29.6 Å². The van der Waals surface area contributed by atoms with Crippen molar-refractivity contribution in [2.45, 2.75) is 39.7 Å². The predicted octanol–water partition coefficient (Wildman–Crippen LogP) is 0.587. The highest BCUT2D eigenvalue weighted by atomic mass is 16.4. The molecule has 0 aliphatic heterocycles. The van der Waals surface area contributed by atoms with Gasteiger partial charge in [0.05, 0.1) is 6.04 Å². The Balaban J connectivity index is 3.79. The van der Waals surface area contributed by atoms with Crippen molar-refractivity contribution in [3.8, 4) is 0 Å². The fourth-order valence-corrected chi connectivity index (χ4v) is 1.17. The number of carboxylic acids is 1. The Labute approximate surface area is 96.4 Å². The molecule has 4 N–H and O–H groups in total. The van der Waals surface area contributed by atoms with Crippen molar-refractivity contribution in [2.24, 2.45) is 17.6 Å². The van der Waals surface area contributed by atoms with E-state index in [1.807, 2.05) is 20.8 Å². The lowest BCUT2D eigenvalue weighted by molar-refractivity contribution is -0.137. The summed E-state index contributed by atoms with van der Waals surface area (Å²) in [6.45, 7) is 6.16. The van der Waals surface area contributed by atoms with Crippen LogP contribution < -0.4 is 11.1 Å². The van der Waals surface area contributed by atoms with Crippen LogP contribution in [0.4, 0.5) is 0 Å². The van der Waals surface area contributed by atoms with Crippen LogP contribution >= 0.6 is 0 Å². The maximum atomic E-state index is 11.5. The van der Waals surface area contributed by atoms with E-state index in [0.29, 0.717) is 13.0 Å². The third kappa shape index (κ3) is 6.40. The van der Waals surface area contributed by atoms with E-state index >= 15 is 0 Å². The van der Waals surface area contributed by atoms with Gasteiger partial charge >= 0.3 is 5.97 Å². The molecule has 0 aromatic heterocycles. The smallest absolute Gasteiger partial charge is 0.303 e. The Kier molecular flexibility index (Phi) is 6.72. The molecule has 1 unspecified atom stereocenters. The van der Waals surface area contributed by atoms with Gasteiger partial charge in [-0.25, -0.2) is 0 Å². The molecular weight excluding hydrogens is 208 g/mol. The first-order chi connectivity index (χ1) is 7.34. The van der Waals surface area contributed by atoms with Crippen molar-refractivity contribution in [1.82, 2.24) is 5.32 Å². The topological polar surface area (TPSA) is 92.4 Å². The molecule has 0 fully saturated rings. The molecule has 0 aliphatic rings. The van der Waals surface area contributed by atoms with E-state index in [-0.39, 0.29) is 24.2 Å². The first-order valence-corrected chi connectivity index (χ1v) is 5.59. The second-order valence-electron chi connectivity index (χ2n) is 4.55. The lowest BCUT2D eigenvalue weighted by atomic mass is 10.0. The molecule has 0 spiro atoms. The van der Waals surface area contributed by atoms with E-state index in [1.54, 1.807) is 0 Å². The van der Waals surface area contributed by atoms with E-state index in [1.165, 1.54) is 0 Å². The SMILES string of the molecule is CC(CCC(=O)O)CNC(=O)[C@H](N)C(C)C. The molecule has 16 heavy (non-hydrogen) atoms. The zero-order valence-electron chi connectivity index (χ0n) is 10.2. The average Bonchev–Trinajstić information content (AvgIpc) is 2.21. The maximum absolute atomic E-state index is 11.5. The summed E-state index contributed by atoms with van der Waals surface area (Å²) >= 11 is 0. The lowest BCUT2D eigenvalue weighted by Gasteiger charge is -2.17. The standard InChI is InChI=1S/C11H22N2O3/c1-7(2)10(12)11(16)13-6-8(3)4-5-9(14)15/h7-8,10H,4-6,12H2,1-3H3,(H,13,16)(H,14,15)/t8?,10-/m1/s1. The summed E-state index contributed by atoms with van der Waals surface area (Å²) in [7, 11) is 0. The van der Waals surface area contributed by atoms with Gasteiger partial charge in [0, 0.05) is 13.0 Å². The summed E-state index contributed by atoms with van der Waals surface area (Å²) in [6, 6.07) is -0.494. The van der Waals surface area contributed by atoms with E-state index < -0.39 is 12.0 Å². The fraction of sp³-hybridized carbons (Fsp3) is 0.818. The van der Waals surface area contributed by atoms with Gasteiger partial charge in [0.1, 0.15) is 0 Å². The molecule has 0 rings (SSSR count). The lowest BCUT2D eigenvalue weighted by Crippen LogP contribution is -2.45. The van der Waals surface area contributed by atoms with Crippen molar-refractivity contribution in [2.75, 3.05) is 6.54 Å². The Morgan fingerprint density at radius 3 is 2.31 bits per heavy atom. The quantitative estimate of drug-likeness (QED) is 0.596. The van der Waals surface area contributed by atoms with Gasteiger partial charge in [0.25, 0.3) is 0 Å². The van der Waals surface area contributed by atoms with Crippen LogP contribution in [0.3, 0.4) is 0 Å². The maximum Gasteiger partial charge on any atom is 0.303 e. The normalized spacial score (nSPS) is 14.6. The van der Waals surface area contributed by atoms with Crippen molar-refractivity contribution in [1.29, 1.82) is 0 Å². The molecule has 1 amide bonds. The van der Waals surface area contributed by atoms with Crippen LogP contribution in [0.25, 0.3) is 0 Å². The second-order valence-corrected chi connectivity index (χ2v) is 4.55. The van der Waals surface area contributed by atoms with Crippen LogP contribution in [0.2, 0.25) is 0 Å². The van der Waals surface area contributed by atoms with Gasteiger partial charge in [-0.2, -0.15) is 0 Å². The molecule has 0 aliphatic carbocycles. The van der Waals surface area contributed by atoms with Crippen molar-refractivity contribution in [3.05, 3.63) is 0 Å². The molecule has 0 aromatic rings. The predicted molar refractivity (Wildman–Crippen MR) is 61.9 cm³/mol. The molecule has 0 bridgehead atoms. The molecule has 0 heterocycles. The summed E-state index contributed by atoms with van der Waals surface area (Å²) in [5.41, 5.74) is 5.66. The van der Waals surface area contributed by atoms with Gasteiger partial charge in [0.2, 0.25) is 5.91 Å². The van der Waals surface area contributed by atoms with Gasteiger partial charge in [-0.1, -0.05) is 20.8 Å². The largest absolute Gasteiger partial charge is 0.481 e. The molecule has 5 heteroatoms. The minimum atomic E-state index is -0.808. The highest BCUT2D eigenvalue weighted by molar-refractivity contribution is 5.81. The van der Waals surface area contributed by atoms with Crippen molar-refractivity contribution in [3.63, 3.8) is 0 Å². The number of nitrogens with one attached hydrogen (secondary N) is 1. The molecule has 0 saturated carbocycles. The molecule has 2 atom stereocenters. The van der Waals surface area contributed by atoms with E-state index in [0.717, 1.165) is 0 Å². The summed E-state index contributed by atoms with van der Waals surface area (Å²) in [4.78, 5) is 21.8. The Morgan fingerprint density at radius 2 is 1.88 bits per heavy atom. The second kappa shape index (κ2) is 7.22. The molecule has 94 valence electrons. The first-order valence-electron chi connectivity index (χ1n) is 5.59. The van der Waals surface area contributed by atoms with E-state index in [4.69, 9.17) is 10.8 Å². The van der Waals surface area contributed by atoms with Crippen molar-refractivity contribution < 1.29 is 14.7 Å². The fourth-order valence-electron chi connectivity index (χ4n) is 1.17. The van der Waals surface area contributed by atoms with E-state index in [9.17, 15) is 9.59 Å². The first kappa shape index (κ1) is 14.9. The molecule has 0 radical (unpaired) electrons. The van der Waals surface area contributed by atoms with Gasteiger partial charge in [-0.15, -0.1) is 0 Å². The number of carboxylic acid groups (broad SMARTS) is 1. The molecule has 5 nitrogen and oxygen atoms in total. The van der Waals surface area contributed by atoms with Crippen LogP contribution in [0.15, 0.2) is 0 Å². The third-order valence-corrected chi connectivity index (χ3v) is 2.50. The summed E-state index contributed by atoms with van der Waals surface area (Å²) in [5, 5.41) is 11.2. The van der Waals surface area contributed by atoms with Gasteiger partial charge in [-0.3, -0.25) is 9.59 Å². The van der Waals surface area contributed by atoms with Gasteiger partial charge in [-0.05, 0) is 18.3 Å². The monoisotopic (exact) mass is 230 g/mol. The number of nitrogens with two attached hydrogens (primary N) is 1. The molecular formula is C11H22N2O3. The number of aliphatic carboxylic acids is 1. The zero-order chi connectivity index (χ0) is 12.7. The number of amides is 1. The number of rotatable bonds is 7. The van der Waals surface area contributed by atoms with E-state index in [2.05, 4.69) is 5.32 Å². The number of hydrogen-bond acceptors (Lipinski definition) is 3. The van der Waals surface area contributed by atoms with Gasteiger partial charge in [0.15, 0.2) is 0 Å². The molecule has 0 aromatic carbocycles. The molecule has 0 saturated heterocycles. The van der Waals surface area contributed by atoms with Crippen molar-refractivity contribution >= 4 is 11.9 Å². The Morgan fingerprint density at radius 1 is 1.31 bits per heavy atom. The van der Waals surface area contributed by atoms with Crippen LogP contribution in [0.5, 0.6) is 0 Å². The van der Waals surface area contributed by atoms with Crippen LogP contribution in [-0.2, 0) is 9.59 Å². The van der Waals surface area contributed by atoms with Crippen LogP contribution in [0.1, 0.15) is 33.6 Å².